The highest BCUT2D eigenvalue weighted by Crippen LogP contribution is 2.21. The van der Waals surface area contributed by atoms with Gasteiger partial charge in [-0.15, -0.1) is 11.3 Å². The lowest BCUT2D eigenvalue weighted by molar-refractivity contribution is 0.306. The van der Waals surface area contributed by atoms with Crippen LogP contribution in [0.4, 0.5) is 0 Å². The molecule has 0 spiro atoms. The molecule has 0 atom stereocenters. The van der Waals surface area contributed by atoms with Gasteiger partial charge >= 0.3 is 0 Å². The summed E-state index contributed by atoms with van der Waals surface area (Å²) in [6.45, 7) is 1.36. The Labute approximate surface area is 180 Å². The van der Waals surface area contributed by atoms with Gasteiger partial charge in [0.1, 0.15) is 12.4 Å². The van der Waals surface area contributed by atoms with Crippen molar-refractivity contribution in [3.63, 3.8) is 0 Å². The number of benzene rings is 3. The molecule has 2 aromatic heterocycles. The molecule has 148 valence electrons. The van der Waals surface area contributed by atoms with E-state index in [0.29, 0.717) is 6.61 Å². The van der Waals surface area contributed by atoms with Crippen molar-refractivity contribution in [3.05, 3.63) is 118 Å². The Morgan fingerprint density at radius 3 is 2.43 bits per heavy atom. The average molecular weight is 411 g/mol. The van der Waals surface area contributed by atoms with Crippen molar-refractivity contribution in [2.75, 3.05) is 0 Å². The van der Waals surface area contributed by atoms with E-state index in [0.717, 1.165) is 35.3 Å². The minimum Gasteiger partial charge on any atom is -0.489 e. The Kier molecular flexibility index (Phi) is 5.32. The first-order valence-electron chi connectivity index (χ1n) is 10.1. The van der Waals surface area contributed by atoms with Crippen LogP contribution in [0.15, 0.2) is 96.6 Å². The van der Waals surface area contributed by atoms with Crippen LogP contribution >= 0.6 is 11.3 Å². The molecule has 0 unspecified atom stereocenters. The maximum atomic E-state index is 6.00. The third-order valence-corrected chi connectivity index (χ3v) is 6.04. The van der Waals surface area contributed by atoms with Crippen molar-refractivity contribution >= 4 is 22.4 Å². The van der Waals surface area contributed by atoms with Gasteiger partial charge < -0.3 is 9.30 Å². The fourth-order valence-corrected chi connectivity index (χ4v) is 4.33. The maximum absolute atomic E-state index is 6.00. The molecule has 3 nitrogen and oxygen atoms in total. The monoisotopic (exact) mass is 410 g/mol. The lowest BCUT2D eigenvalue weighted by atomic mass is 10.1. The van der Waals surface area contributed by atoms with E-state index in [4.69, 9.17) is 4.74 Å². The molecular weight excluding hydrogens is 388 g/mol. The van der Waals surface area contributed by atoms with Gasteiger partial charge in [-0.3, -0.25) is 0 Å². The number of hydrogen-bond donors (Lipinski definition) is 0. The molecule has 0 radical (unpaired) electrons. The molecule has 0 aliphatic rings. The molecule has 0 aliphatic heterocycles. The van der Waals surface area contributed by atoms with Crippen LogP contribution in [0.1, 0.15) is 21.6 Å². The zero-order valence-electron chi connectivity index (χ0n) is 16.6. The highest BCUT2D eigenvalue weighted by Gasteiger charge is 2.06. The first-order chi connectivity index (χ1) is 14.8. The number of ether oxygens (including phenoxy) is 1. The third-order valence-electron chi connectivity index (χ3n) is 5.17. The van der Waals surface area contributed by atoms with Crippen LogP contribution in [0.5, 0.6) is 5.75 Å². The van der Waals surface area contributed by atoms with Crippen molar-refractivity contribution in [1.82, 2.24) is 9.55 Å². The highest BCUT2D eigenvalue weighted by molar-refractivity contribution is 7.09. The molecule has 0 N–H and O–H groups in total. The Morgan fingerprint density at radius 2 is 1.63 bits per heavy atom. The van der Waals surface area contributed by atoms with Gasteiger partial charge in [-0.05, 0) is 52.4 Å². The minimum absolute atomic E-state index is 0.533. The second-order valence-corrected chi connectivity index (χ2v) is 8.40. The van der Waals surface area contributed by atoms with E-state index in [9.17, 15) is 0 Å². The summed E-state index contributed by atoms with van der Waals surface area (Å²) < 4.78 is 8.18. The van der Waals surface area contributed by atoms with Gasteiger partial charge in [-0.1, -0.05) is 54.6 Å². The molecular formula is C26H22N2OS. The summed E-state index contributed by atoms with van der Waals surface area (Å²) in [6, 6.07) is 29.5. The van der Waals surface area contributed by atoms with E-state index in [-0.39, 0.29) is 0 Å². The predicted octanol–water partition coefficient (Wildman–Crippen LogP) is 6.32. The number of hydrogen-bond acceptors (Lipinski definition) is 3. The van der Waals surface area contributed by atoms with Crippen LogP contribution in [0.25, 0.3) is 11.0 Å². The van der Waals surface area contributed by atoms with Gasteiger partial charge in [0, 0.05) is 17.8 Å². The largest absolute Gasteiger partial charge is 0.489 e. The Bertz CT molecular complexity index is 1230. The molecule has 30 heavy (non-hydrogen) atoms. The molecule has 3 aromatic carbocycles. The van der Waals surface area contributed by atoms with E-state index >= 15 is 0 Å². The van der Waals surface area contributed by atoms with Crippen molar-refractivity contribution < 1.29 is 4.74 Å². The fourth-order valence-electron chi connectivity index (χ4n) is 3.59. The SMILES string of the molecule is c1ccc(Cn2cnc3cc(COc4ccc(Cc5cccs5)cc4)ccc32)cc1. The van der Waals surface area contributed by atoms with Crippen LogP contribution in [0.2, 0.25) is 0 Å². The Balaban J connectivity index is 1.23. The normalized spacial score (nSPS) is 11.1. The van der Waals surface area contributed by atoms with Crippen molar-refractivity contribution in [2.45, 2.75) is 19.6 Å². The maximum Gasteiger partial charge on any atom is 0.119 e. The van der Waals surface area contributed by atoms with Crippen molar-refractivity contribution in [1.29, 1.82) is 0 Å². The smallest absolute Gasteiger partial charge is 0.119 e. The molecule has 5 rings (SSSR count). The topological polar surface area (TPSA) is 27.1 Å². The van der Waals surface area contributed by atoms with Gasteiger partial charge in [0.05, 0.1) is 17.4 Å². The molecule has 0 aliphatic carbocycles. The van der Waals surface area contributed by atoms with E-state index in [1.807, 2.05) is 12.4 Å². The molecule has 0 bridgehead atoms. The molecule has 0 fully saturated rings. The van der Waals surface area contributed by atoms with E-state index in [1.54, 1.807) is 11.3 Å². The number of aromatic nitrogens is 2. The summed E-state index contributed by atoms with van der Waals surface area (Å²) in [4.78, 5) is 5.96. The standard InChI is InChI=1S/C26H22N2OS/c1-2-5-21(6-3-1)17-28-19-27-25-16-22(10-13-26(25)28)18-29-23-11-8-20(9-12-23)15-24-7-4-14-30-24/h1-14,16,19H,15,17-18H2. The summed E-state index contributed by atoms with van der Waals surface area (Å²) in [5.74, 6) is 0.889. The van der Waals surface area contributed by atoms with Crippen molar-refractivity contribution in [3.8, 4) is 5.75 Å². The van der Waals surface area contributed by atoms with Crippen LogP contribution in [-0.4, -0.2) is 9.55 Å². The predicted molar refractivity (Wildman–Crippen MR) is 123 cm³/mol. The van der Waals surface area contributed by atoms with E-state index in [1.165, 1.54) is 16.0 Å². The van der Waals surface area contributed by atoms with Gasteiger partial charge in [0.15, 0.2) is 0 Å². The number of nitrogens with zero attached hydrogens (tertiary/aromatic N) is 2. The van der Waals surface area contributed by atoms with E-state index in [2.05, 4.69) is 93.8 Å². The van der Waals surface area contributed by atoms with Crippen LogP contribution in [-0.2, 0) is 19.6 Å². The Hall–Kier alpha value is -3.37. The molecule has 2 heterocycles. The van der Waals surface area contributed by atoms with Crippen LogP contribution in [0.3, 0.4) is 0 Å². The summed E-state index contributed by atoms with van der Waals surface area (Å²) in [5, 5.41) is 2.12. The summed E-state index contributed by atoms with van der Waals surface area (Å²) >= 11 is 1.79. The molecule has 5 aromatic rings. The average Bonchev–Trinajstić information content (AvgIpc) is 3.44. The zero-order chi connectivity index (χ0) is 20.2. The van der Waals surface area contributed by atoms with Gasteiger partial charge in [0.25, 0.3) is 0 Å². The number of imidazole rings is 1. The van der Waals surface area contributed by atoms with Crippen molar-refractivity contribution in [2.24, 2.45) is 0 Å². The molecule has 0 saturated heterocycles. The lowest BCUT2D eigenvalue weighted by Gasteiger charge is -2.08. The fraction of sp³-hybridized carbons (Fsp3) is 0.115. The summed E-state index contributed by atoms with van der Waals surface area (Å²) in [5.41, 5.74) is 5.83. The first-order valence-corrected chi connectivity index (χ1v) is 10.9. The summed E-state index contributed by atoms with van der Waals surface area (Å²) in [7, 11) is 0. The number of fused-ring (bicyclic) bond motifs is 1. The quantitative estimate of drug-likeness (QED) is 0.314. The third kappa shape index (κ3) is 4.29. The molecule has 0 amide bonds. The van der Waals surface area contributed by atoms with Gasteiger partial charge in [0.2, 0.25) is 0 Å². The Morgan fingerprint density at radius 1 is 0.800 bits per heavy atom. The van der Waals surface area contributed by atoms with Gasteiger partial charge in [-0.25, -0.2) is 4.98 Å². The number of thiophene rings is 1. The second kappa shape index (κ2) is 8.56. The summed E-state index contributed by atoms with van der Waals surface area (Å²) in [6.07, 6.45) is 2.88. The van der Waals surface area contributed by atoms with E-state index < -0.39 is 0 Å². The minimum atomic E-state index is 0.533. The lowest BCUT2D eigenvalue weighted by Crippen LogP contribution is -1.98. The highest BCUT2D eigenvalue weighted by atomic mass is 32.1. The first kappa shape index (κ1) is 18.6. The zero-order valence-corrected chi connectivity index (χ0v) is 17.4. The second-order valence-electron chi connectivity index (χ2n) is 7.37. The van der Waals surface area contributed by atoms with Gasteiger partial charge in [-0.2, -0.15) is 0 Å². The molecule has 4 heteroatoms. The van der Waals surface area contributed by atoms with Crippen LogP contribution in [0, 0.1) is 0 Å². The van der Waals surface area contributed by atoms with Crippen LogP contribution < -0.4 is 4.74 Å². The number of rotatable bonds is 7. The molecule has 0 saturated carbocycles.